The number of rotatable bonds is 6. The molecule has 5 rings (SSSR count). The third-order valence-corrected chi connectivity index (χ3v) is 7.74. The predicted octanol–water partition coefficient (Wildman–Crippen LogP) is 5.20. The average molecular weight is 470 g/mol. The van der Waals surface area contributed by atoms with Gasteiger partial charge in [0.1, 0.15) is 5.52 Å². The van der Waals surface area contributed by atoms with E-state index in [1.165, 1.54) is 35.3 Å². The van der Waals surface area contributed by atoms with Crippen molar-refractivity contribution in [3.8, 4) is 0 Å². The highest BCUT2D eigenvalue weighted by atomic mass is 35.5. The van der Waals surface area contributed by atoms with E-state index < -0.39 is 0 Å². The lowest BCUT2D eigenvalue weighted by molar-refractivity contribution is 0.0376. The van der Waals surface area contributed by atoms with Crippen molar-refractivity contribution in [2.24, 2.45) is 0 Å². The van der Waals surface area contributed by atoms with Crippen LogP contribution < -0.4 is 4.90 Å². The first-order chi connectivity index (χ1) is 15.7. The largest absolute Gasteiger partial charge is 0.379 e. The number of carbonyl (C=O) groups excluding carboxylic acids is 1. The van der Waals surface area contributed by atoms with Gasteiger partial charge >= 0.3 is 0 Å². The van der Waals surface area contributed by atoms with Crippen molar-refractivity contribution in [2.75, 3.05) is 44.3 Å². The van der Waals surface area contributed by atoms with Crippen LogP contribution in [0.3, 0.4) is 0 Å². The van der Waals surface area contributed by atoms with Crippen LogP contribution in [0.15, 0.2) is 36.4 Å². The summed E-state index contributed by atoms with van der Waals surface area (Å²) in [5.41, 5.74) is 4.23. The zero-order valence-electron chi connectivity index (χ0n) is 18.2. The number of ether oxygens (including phenoxy) is 1. The highest BCUT2D eigenvalue weighted by Gasteiger charge is 2.23. The standard InChI is InChI=1S/C25H28ClN3O2S/c26-21-7-3-8-22-23(21)27-25(32-22)29(12-4-11-28-13-15-31-16-14-28)24(30)20-10-9-18-5-1-2-6-19(18)17-20/h3,7-10,17H,1-2,4-6,11-16H2. The fraction of sp³-hybridized carbons (Fsp3) is 0.440. The Hall–Kier alpha value is -1.99. The number of carbonyl (C=O) groups is 1. The van der Waals surface area contributed by atoms with Crippen molar-refractivity contribution >= 4 is 44.2 Å². The van der Waals surface area contributed by atoms with E-state index in [1.54, 1.807) is 0 Å². The third-order valence-electron chi connectivity index (χ3n) is 6.39. The Morgan fingerprint density at radius 2 is 1.94 bits per heavy atom. The molecular weight excluding hydrogens is 442 g/mol. The first-order valence-electron chi connectivity index (χ1n) is 11.5. The monoisotopic (exact) mass is 469 g/mol. The SMILES string of the molecule is O=C(c1ccc2c(c1)CCCC2)N(CCCN1CCOCC1)c1nc2c(Cl)cccc2s1. The van der Waals surface area contributed by atoms with E-state index in [0.29, 0.717) is 11.6 Å². The molecule has 168 valence electrons. The Bertz CT molecular complexity index is 1110. The van der Waals surface area contributed by atoms with Gasteiger partial charge in [0.25, 0.3) is 5.91 Å². The number of para-hydroxylation sites is 1. The second kappa shape index (κ2) is 9.87. The normalized spacial score (nSPS) is 16.8. The Morgan fingerprint density at radius 1 is 1.12 bits per heavy atom. The lowest BCUT2D eigenvalue weighted by atomic mass is 9.90. The maximum Gasteiger partial charge on any atom is 0.260 e. The lowest BCUT2D eigenvalue weighted by Crippen LogP contribution is -2.39. The maximum atomic E-state index is 13.7. The van der Waals surface area contributed by atoms with Gasteiger partial charge in [-0.3, -0.25) is 14.6 Å². The summed E-state index contributed by atoms with van der Waals surface area (Å²) in [5, 5.41) is 1.34. The van der Waals surface area contributed by atoms with Crippen LogP contribution in [-0.4, -0.2) is 55.2 Å². The van der Waals surface area contributed by atoms with E-state index in [0.717, 1.165) is 73.0 Å². The summed E-state index contributed by atoms with van der Waals surface area (Å²) in [4.78, 5) is 22.7. The summed E-state index contributed by atoms with van der Waals surface area (Å²) in [6, 6.07) is 12.0. The van der Waals surface area contributed by atoms with E-state index >= 15 is 0 Å². The Labute approximate surface area is 197 Å². The fourth-order valence-electron chi connectivity index (χ4n) is 4.60. The number of nitrogens with zero attached hydrogens (tertiary/aromatic N) is 3. The summed E-state index contributed by atoms with van der Waals surface area (Å²) in [5.74, 6) is 0.0236. The summed E-state index contributed by atoms with van der Waals surface area (Å²) >= 11 is 7.91. The molecule has 1 amide bonds. The van der Waals surface area contributed by atoms with Crippen LogP contribution in [-0.2, 0) is 17.6 Å². The van der Waals surface area contributed by atoms with Crippen molar-refractivity contribution in [3.63, 3.8) is 0 Å². The molecule has 1 aliphatic carbocycles. The molecule has 3 aromatic rings. The number of hydrogen-bond acceptors (Lipinski definition) is 5. The Kier molecular flexibility index (Phi) is 6.74. The van der Waals surface area contributed by atoms with E-state index in [2.05, 4.69) is 17.0 Å². The van der Waals surface area contributed by atoms with Gasteiger partial charge in [0.2, 0.25) is 0 Å². The van der Waals surface area contributed by atoms with Crippen molar-refractivity contribution < 1.29 is 9.53 Å². The van der Waals surface area contributed by atoms with E-state index in [-0.39, 0.29) is 5.91 Å². The molecular formula is C25H28ClN3O2S. The molecule has 0 spiro atoms. The molecule has 32 heavy (non-hydrogen) atoms. The zero-order valence-corrected chi connectivity index (χ0v) is 19.8. The Balaban J connectivity index is 1.41. The molecule has 0 atom stereocenters. The van der Waals surface area contributed by atoms with Gasteiger partial charge in [0.15, 0.2) is 5.13 Å². The van der Waals surface area contributed by atoms with Crippen molar-refractivity contribution in [3.05, 3.63) is 58.1 Å². The number of aromatic nitrogens is 1. The number of fused-ring (bicyclic) bond motifs is 2. The lowest BCUT2D eigenvalue weighted by Gasteiger charge is -2.28. The first kappa shape index (κ1) is 21.8. The van der Waals surface area contributed by atoms with Gasteiger partial charge in [-0.05, 0) is 67.5 Å². The van der Waals surface area contributed by atoms with Crippen LogP contribution in [0.4, 0.5) is 5.13 Å². The minimum Gasteiger partial charge on any atom is -0.379 e. The number of morpholine rings is 1. The van der Waals surface area contributed by atoms with Gasteiger partial charge in [0, 0.05) is 31.7 Å². The third kappa shape index (κ3) is 4.69. The molecule has 0 N–H and O–H groups in total. The molecule has 0 saturated carbocycles. The predicted molar refractivity (Wildman–Crippen MR) is 131 cm³/mol. The smallest absolute Gasteiger partial charge is 0.260 e. The van der Waals surface area contributed by atoms with Crippen LogP contribution in [0.5, 0.6) is 0 Å². The first-order valence-corrected chi connectivity index (χ1v) is 12.7. The van der Waals surface area contributed by atoms with Crippen LogP contribution in [0.25, 0.3) is 10.2 Å². The van der Waals surface area contributed by atoms with Crippen LogP contribution in [0.1, 0.15) is 40.7 Å². The van der Waals surface area contributed by atoms with E-state index in [1.807, 2.05) is 29.2 Å². The molecule has 2 aromatic carbocycles. The molecule has 7 heteroatoms. The second-order valence-electron chi connectivity index (χ2n) is 8.54. The van der Waals surface area contributed by atoms with Crippen molar-refractivity contribution in [2.45, 2.75) is 32.1 Å². The summed E-state index contributed by atoms with van der Waals surface area (Å²) in [6.45, 7) is 5.06. The van der Waals surface area contributed by atoms with Crippen molar-refractivity contribution in [1.29, 1.82) is 0 Å². The molecule has 0 unspecified atom stereocenters. The van der Waals surface area contributed by atoms with Gasteiger partial charge < -0.3 is 4.74 Å². The fourth-order valence-corrected chi connectivity index (χ4v) is 5.89. The second-order valence-corrected chi connectivity index (χ2v) is 9.95. The number of amides is 1. The topological polar surface area (TPSA) is 45.7 Å². The molecule has 1 saturated heterocycles. The maximum absolute atomic E-state index is 13.7. The minimum absolute atomic E-state index is 0.0236. The van der Waals surface area contributed by atoms with Gasteiger partial charge in [-0.1, -0.05) is 35.1 Å². The summed E-state index contributed by atoms with van der Waals surface area (Å²) in [6.07, 6.45) is 5.50. The van der Waals surface area contributed by atoms with Crippen LogP contribution >= 0.6 is 22.9 Å². The number of halogens is 1. The highest BCUT2D eigenvalue weighted by Crippen LogP contribution is 2.34. The number of hydrogen-bond donors (Lipinski definition) is 0. The number of thiazole rings is 1. The molecule has 0 bridgehead atoms. The van der Waals surface area contributed by atoms with Crippen molar-refractivity contribution in [1.82, 2.24) is 9.88 Å². The molecule has 1 aromatic heterocycles. The van der Waals surface area contributed by atoms with E-state index in [4.69, 9.17) is 21.3 Å². The van der Waals surface area contributed by atoms with E-state index in [9.17, 15) is 4.79 Å². The quantitative estimate of drug-likeness (QED) is 0.498. The van der Waals surface area contributed by atoms with Gasteiger partial charge in [-0.25, -0.2) is 4.98 Å². The zero-order chi connectivity index (χ0) is 21.9. The molecule has 0 radical (unpaired) electrons. The van der Waals surface area contributed by atoms with Crippen LogP contribution in [0, 0.1) is 0 Å². The summed E-state index contributed by atoms with van der Waals surface area (Å²) in [7, 11) is 0. The molecule has 1 aliphatic heterocycles. The minimum atomic E-state index is 0.0236. The number of anilines is 1. The number of benzene rings is 2. The Morgan fingerprint density at radius 3 is 2.75 bits per heavy atom. The average Bonchev–Trinajstić information content (AvgIpc) is 3.27. The van der Waals surface area contributed by atoms with Gasteiger partial charge in [-0.15, -0.1) is 0 Å². The highest BCUT2D eigenvalue weighted by molar-refractivity contribution is 7.22. The van der Waals surface area contributed by atoms with Crippen LogP contribution in [0.2, 0.25) is 5.02 Å². The molecule has 2 aliphatic rings. The molecule has 5 nitrogen and oxygen atoms in total. The van der Waals surface area contributed by atoms with Gasteiger partial charge in [-0.2, -0.15) is 0 Å². The molecule has 1 fully saturated rings. The molecule has 2 heterocycles. The summed E-state index contributed by atoms with van der Waals surface area (Å²) < 4.78 is 6.46. The van der Waals surface area contributed by atoms with Gasteiger partial charge in [0.05, 0.1) is 22.9 Å². The number of aryl methyl sites for hydroxylation is 2.